The van der Waals surface area contributed by atoms with Gasteiger partial charge in [-0.2, -0.15) is 11.3 Å². The summed E-state index contributed by atoms with van der Waals surface area (Å²) < 4.78 is 0. The summed E-state index contributed by atoms with van der Waals surface area (Å²) in [5.41, 5.74) is 3.53. The van der Waals surface area contributed by atoms with Crippen molar-refractivity contribution in [3.05, 3.63) is 63.8 Å². The van der Waals surface area contributed by atoms with Crippen LogP contribution in [0.2, 0.25) is 0 Å². The van der Waals surface area contributed by atoms with Gasteiger partial charge in [0.1, 0.15) is 5.01 Å². The molecule has 120 valence electrons. The van der Waals surface area contributed by atoms with Crippen LogP contribution in [0.3, 0.4) is 0 Å². The fourth-order valence-electron chi connectivity index (χ4n) is 2.50. The third-order valence-electron chi connectivity index (χ3n) is 3.70. The number of thiazole rings is 1. The van der Waals surface area contributed by atoms with Crippen molar-refractivity contribution in [3.8, 4) is 10.6 Å². The number of hydrogen-bond donors (Lipinski definition) is 2. The Bertz CT molecular complexity index is 695. The zero-order valence-corrected chi connectivity index (χ0v) is 14.4. The number of benzene rings is 1. The van der Waals surface area contributed by atoms with Gasteiger partial charge in [-0.1, -0.05) is 30.3 Å². The third-order valence-corrected chi connectivity index (χ3v) is 5.33. The van der Waals surface area contributed by atoms with E-state index in [1.807, 2.05) is 6.07 Å². The number of thiophene rings is 1. The van der Waals surface area contributed by atoms with Crippen molar-refractivity contribution >= 4 is 22.7 Å². The van der Waals surface area contributed by atoms with E-state index in [-0.39, 0.29) is 12.6 Å². The molecule has 0 bridgehead atoms. The summed E-state index contributed by atoms with van der Waals surface area (Å²) >= 11 is 3.38. The molecule has 1 unspecified atom stereocenters. The van der Waals surface area contributed by atoms with E-state index < -0.39 is 0 Å². The highest BCUT2D eigenvalue weighted by molar-refractivity contribution is 7.14. The molecule has 3 nitrogen and oxygen atoms in total. The van der Waals surface area contributed by atoms with Crippen molar-refractivity contribution in [2.45, 2.75) is 25.4 Å². The van der Waals surface area contributed by atoms with E-state index in [4.69, 9.17) is 10.1 Å². The van der Waals surface area contributed by atoms with Gasteiger partial charge in [0.05, 0.1) is 5.69 Å². The van der Waals surface area contributed by atoms with Crippen LogP contribution in [-0.4, -0.2) is 16.7 Å². The highest BCUT2D eigenvalue weighted by Gasteiger charge is 2.12. The molecule has 0 saturated carbocycles. The Morgan fingerprint density at radius 1 is 1.13 bits per heavy atom. The minimum absolute atomic E-state index is 0.226. The summed E-state index contributed by atoms with van der Waals surface area (Å²) in [5, 5.41) is 20.1. The lowest BCUT2D eigenvalue weighted by Crippen LogP contribution is -2.21. The molecule has 2 aromatic heterocycles. The van der Waals surface area contributed by atoms with E-state index in [2.05, 4.69) is 51.8 Å². The van der Waals surface area contributed by atoms with Crippen LogP contribution in [0.25, 0.3) is 10.6 Å². The minimum atomic E-state index is 0.226. The number of nitrogens with one attached hydrogen (secondary N) is 1. The maximum atomic E-state index is 9.12. The highest BCUT2D eigenvalue weighted by Crippen LogP contribution is 2.26. The van der Waals surface area contributed by atoms with E-state index in [1.54, 1.807) is 22.7 Å². The molecule has 3 rings (SSSR count). The Balaban J connectivity index is 1.64. The summed E-state index contributed by atoms with van der Waals surface area (Å²) in [5.74, 6) is 0. The lowest BCUT2D eigenvalue weighted by Gasteiger charge is -2.18. The maximum Gasteiger partial charge on any atom is 0.124 e. The van der Waals surface area contributed by atoms with Crippen LogP contribution in [0.15, 0.2) is 52.5 Å². The predicted molar refractivity (Wildman–Crippen MR) is 97.8 cm³/mol. The summed E-state index contributed by atoms with van der Waals surface area (Å²) in [7, 11) is 0. The van der Waals surface area contributed by atoms with Gasteiger partial charge in [0.15, 0.2) is 0 Å². The smallest absolute Gasteiger partial charge is 0.124 e. The van der Waals surface area contributed by atoms with E-state index in [0.717, 1.165) is 30.1 Å². The molecule has 0 aliphatic heterocycles. The molecule has 2 heterocycles. The normalized spacial score (nSPS) is 12.4. The van der Waals surface area contributed by atoms with E-state index in [0.29, 0.717) is 0 Å². The van der Waals surface area contributed by atoms with Gasteiger partial charge >= 0.3 is 0 Å². The molecule has 1 atom stereocenters. The average Bonchev–Trinajstić information content (AvgIpc) is 3.27. The summed E-state index contributed by atoms with van der Waals surface area (Å²) in [4.78, 5) is 4.71. The molecular weight excluding hydrogens is 324 g/mol. The molecule has 23 heavy (non-hydrogen) atoms. The van der Waals surface area contributed by atoms with Gasteiger partial charge in [0.2, 0.25) is 0 Å². The first-order chi connectivity index (χ1) is 11.4. The first kappa shape index (κ1) is 16.3. The first-order valence-electron chi connectivity index (χ1n) is 7.73. The zero-order chi connectivity index (χ0) is 15.9. The van der Waals surface area contributed by atoms with E-state index >= 15 is 0 Å². The Morgan fingerprint density at radius 3 is 2.74 bits per heavy atom. The predicted octanol–water partition coefficient (Wildman–Crippen LogP) is 4.48. The van der Waals surface area contributed by atoms with Crippen LogP contribution in [-0.2, 0) is 6.54 Å². The average molecular weight is 345 g/mol. The highest BCUT2D eigenvalue weighted by atomic mass is 32.1. The first-order valence-corrected chi connectivity index (χ1v) is 9.55. The zero-order valence-electron chi connectivity index (χ0n) is 12.8. The number of nitrogens with zero attached hydrogens (tertiary/aromatic N) is 1. The van der Waals surface area contributed by atoms with Crippen LogP contribution in [0.5, 0.6) is 0 Å². The largest absolute Gasteiger partial charge is 0.396 e. The summed E-state index contributed by atoms with van der Waals surface area (Å²) in [6, 6.07) is 12.8. The number of rotatable bonds is 8. The van der Waals surface area contributed by atoms with Crippen LogP contribution in [0, 0.1) is 0 Å². The molecule has 0 saturated heterocycles. The second-order valence-electron chi connectivity index (χ2n) is 5.37. The Labute approximate surface area is 144 Å². The van der Waals surface area contributed by atoms with Gasteiger partial charge in [-0.05, 0) is 29.9 Å². The lowest BCUT2D eigenvalue weighted by atomic mass is 10.0. The molecule has 0 aliphatic rings. The Morgan fingerprint density at radius 2 is 2.00 bits per heavy atom. The topological polar surface area (TPSA) is 45.1 Å². The van der Waals surface area contributed by atoms with Crippen LogP contribution < -0.4 is 5.32 Å². The SMILES string of the molecule is OCCCC(NCc1csc(-c2ccsc2)n1)c1ccccc1. The fourth-order valence-corrected chi connectivity index (χ4v) is 4.03. The van der Waals surface area contributed by atoms with Crippen LogP contribution in [0.1, 0.15) is 30.1 Å². The van der Waals surface area contributed by atoms with E-state index in [1.165, 1.54) is 11.1 Å². The van der Waals surface area contributed by atoms with Crippen molar-refractivity contribution in [1.29, 1.82) is 0 Å². The van der Waals surface area contributed by atoms with Gasteiger partial charge in [-0.15, -0.1) is 11.3 Å². The standard InChI is InChI=1S/C18H20N2OS2/c21-9-4-7-17(14-5-2-1-3-6-14)19-11-16-13-23-18(20-16)15-8-10-22-12-15/h1-3,5-6,8,10,12-13,17,19,21H,4,7,9,11H2. The molecule has 1 aromatic carbocycles. The monoisotopic (exact) mass is 344 g/mol. The second kappa shape index (κ2) is 8.36. The number of hydrogen-bond acceptors (Lipinski definition) is 5. The molecule has 0 aliphatic carbocycles. The summed E-state index contributed by atoms with van der Waals surface area (Å²) in [6.45, 7) is 0.968. The lowest BCUT2D eigenvalue weighted by molar-refractivity contribution is 0.275. The van der Waals surface area contributed by atoms with Crippen molar-refractivity contribution < 1.29 is 5.11 Å². The van der Waals surface area contributed by atoms with Crippen molar-refractivity contribution in [3.63, 3.8) is 0 Å². The van der Waals surface area contributed by atoms with Crippen LogP contribution in [0.4, 0.5) is 0 Å². The van der Waals surface area contributed by atoms with Gasteiger partial charge < -0.3 is 10.4 Å². The number of aromatic nitrogens is 1. The number of aliphatic hydroxyl groups is 1. The number of aliphatic hydroxyl groups excluding tert-OH is 1. The van der Waals surface area contributed by atoms with Crippen LogP contribution >= 0.6 is 22.7 Å². The molecule has 3 aromatic rings. The summed E-state index contributed by atoms with van der Waals surface area (Å²) in [6.07, 6.45) is 1.71. The molecule has 0 spiro atoms. The van der Waals surface area contributed by atoms with Gasteiger partial charge in [-0.3, -0.25) is 0 Å². The quantitative estimate of drug-likeness (QED) is 0.633. The molecule has 0 fully saturated rings. The van der Waals surface area contributed by atoms with Gasteiger partial charge in [-0.25, -0.2) is 4.98 Å². The van der Waals surface area contributed by atoms with Crippen molar-refractivity contribution in [2.24, 2.45) is 0 Å². The van der Waals surface area contributed by atoms with Gasteiger partial charge in [0, 0.05) is 35.5 Å². The second-order valence-corrected chi connectivity index (χ2v) is 7.00. The van der Waals surface area contributed by atoms with Gasteiger partial charge in [0.25, 0.3) is 0 Å². The molecule has 0 amide bonds. The maximum absolute atomic E-state index is 9.12. The molecule has 5 heteroatoms. The molecule has 0 radical (unpaired) electrons. The minimum Gasteiger partial charge on any atom is -0.396 e. The Hall–Kier alpha value is -1.53. The van der Waals surface area contributed by atoms with Crippen molar-refractivity contribution in [2.75, 3.05) is 6.61 Å². The molecule has 2 N–H and O–H groups in total. The van der Waals surface area contributed by atoms with Crippen molar-refractivity contribution in [1.82, 2.24) is 10.3 Å². The Kier molecular flexibility index (Phi) is 5.93. The fraction of sp³-hybridized carbons (Fsp3) is 0.278. The molecular formula is C18H20N2OS2. The van der Waals surface area contributed by atoms with E-state index in [9.17, 15) is 0 Å². The third kappa shape index (κ3) is 4.48.